The Balaban J connectivity index is 0.00000256. The first-order valence-corrected chi connectivity index (χ1v) is 5.21. The highest BCUT2D eigenvalue weighted by Crippen LogP contribution is 2.21. The maximum atomic E-state index is 13.5. The van der Waals surface area contributed by atoms with Crippen LogP contribution in [0.2, 0.25) is 0 Å². The van der Waals surface area contributed by atoms with Gasteiger partial charge >= 0.3 is 0 Å². The van der Waals surface area contributed by atoms with E-state index < -0.39 is 6.04 Å². The lowest BCUT2D eigenvalue weighted by atomic mass is 10.1. The SMILES string of the molecule is CC(c1ccccc1F)N(C)C(=O)[C@@H](C)N.Cl. The molecule has 1 aromatic carbocycles. The van der Waals surface area contributed by atoms with Crippen LogP contribution in [0.15, 0.2) is 24.3 Å². The molecule has 1 rings (SSSR count). The molecule has 0 bridgehead atoms. The molecule has 1 aromatic rings. The number of nitrogens with zero attached hydrogens (tertiary/aromatic N) is 1. The second-order valence-electron chi connectivity index (χ2n) is 3.94. The molecule has 96 valence electrons. The van der Waals surface area contributed by atoms with Crippen molar-refractivity contribution in [3.63, 3.8) is 0 Å². The second kappa shape index (κ2) is 6.57. The van der Waals surface area contributed by atoms with E-state index in [2.05, 4.69) is 0 Å². The maximum absolute atomic E-state index is 13.5. The van der Waals surface area contributed by atoms with Gasteiger partial charge in [-0.05, 0) is 19.9 Å². The fourth-order valence-electron chi connectivity index (χ4n) is 1.53. The zero-order valence-electron chi connectivity index (χ0n) is 10.2. The number of nitrogens with two attached hydrogens (primary N) is 1. The fourth-order valence-corrected chi connectivity index (χ4v) is 1.53. The van der Waals surface area contributed by atoms with Crippen molar-refractivity contribution in [2.24, 2.45) is 5.73 Å². The number of halogens is 2. The number of hydrogen-bond donors (Lipinski definition) is 1. The molecule has 5 heteroatoms. The lowest BCUT2D eigenvalue weighted by Gasteiger charge is -2.27. The summed E-state index contributed by atoms with van der Waals surface area (Å²) >= 11 is 0. The van der Waals surface area contributed by atoms with E-state index in [0.29, 0.717) is 5.56 Å². The first-order chi connectivity index (χ1) is 7.45. The van der Waals surface area contributed by atoms with Gasteiger partial charge in [0, 0.05) is 12.6 Å². The summed E-state index contributed by atoms with van der Waals surface area (Å²) in [5, 5.41) is 0. The van der Waals surface area contributed by atoms with E-state index in [0.717, 1.165) is 0 Å². The highest BCUT2D eigenvalue weighted by molar-refractivity contribution is 5.85. The van der Waals surface area contributed by atoms with E-state index in [4.69, 9.17) is 5.73 Å². The zero-order valence-corrected chi connectivity index (χ0v) is 11.0. The number of carbonyl (C=O) groups excluding carboxylic acids is 1. The molecule has 0 aliphatic carbocycles. The maximum Gasteiger partial charge on any atom is 0.239 e. The van der Waals surface area contributed by atoms with E-state index in [1.165, 1.54) is 11.0 Å². The molecule has 2 atom stereocenters. The minimum Gasteiger partial charge on any atom is -0.338 e. The molecule has 0 aliphatic heterocycles. The monoisotopic (exact) mass is 260 g/mol. The topological polar surface area (TPSA) is 46.3 Å². The minimum absolute atomic E-state index is 0. The van der Waals surface area contributed by atoms with Crippen LogP contribution in [0.25, 0.3) is 0 Å². The molecule has 0 fully saturated rings. The molecular weight excluding hydrogens is 243 g/mol. The average molecular weight is 261 g/mol. The van der Waals surface area contributed by atoms with Crippen LogP contribution in [0.1, 0.15) is 25.5 Å². The molecule has 3 nitrogen and oxygen atoms in total. The van der Waals surface area contributed by atoms with E-state index in [1.807, 2.05) is 0 Å². The van der Waals surface area contributed by atoms with E-state index in [-0.39, 0.29) is 30.2 Å². The molecule has 0 saturated heterocycles. The molecule has 0 radical (unpaired) electrons. The summed E-state index contributed by atoms with van der Waals surface area (Å²) in [6, 6.07) is 5.54. The van der Waals surface area contributed by atoms with Crippen molar-refractivity contribution in [2.75, 3.05) is 7.05 Å². The van der Waals surface area contributed by atoms with Crippen molar-refractivity contribution in [1.82, 2.24) is 4.90 Å². The third-order valence-electron chi connectivity index (χ3n) is 2.67. The number of benzene rings is 1. The van der Waals surface area contributed by atoms with E-state index >= 15 is 0 Å². The lowest BCUT2D eigenvalue weighted by Crippen LogP contribution is -2.41. The highest BCUT2D eigenvalue weighted by atomic mass is 35.5. The normalized spacial score (nSPS) is 13.5. The Kier molecular flexibility index (Phi) is 6.13. The van der Waals surface area contributed by atoms with Gasteiger partial charge in [0.1, 0.15) is 5.82 Å². The molecule has 1 unspecified atom stereocenters. The van der Waals surface area contributed by atoms with Gasteiger partial charge in [0.25, 0.3) is 0 Å². The Hall–Kier alpha value is -1.13. The Labute approximate surface area is 107 Å². The molecule has 2 N–H and O–H groups in total. The van der Waals surface area contributed by atoms with E-state index in [1.54, 1.807) is 39.1 Å². The van der Waals surface area contributed by atoms with Crippen LogP contribution in [0, 0.1) is 5.82 Å². The first-order valence-electron chi connectivity index (χ1n) is 5.21. The Morgan fingerprint density at radius 1 is 1.35 bits per heavy atom. The largest absolute Gasteiger partial charge is 0.338 e. The zero-order chi connectivity index (χ0) is 12.3. The van der Waals surface area contributed by atoms with Crippen molar-refractivity contribution in [1.29, 1.82) is 0 Å². The molecule has 0 aliphatic rings. The van der Waals surface area contributed by atoms with Gasteiger partial charge in [-0.15, -0.1) is 12.4 Å². The van der Waals surface area contributed by atoms with Gasteiger partial charge in [-0.2, -0.15) is 0 Å². The standard InChI is InChI=1S/C12H17FN2O.ClH/c1-8(14)12(16)15(3)9(2)10-6-4-5-7-11(10)13;/h4-9H,14H2,1-3H3;1H/t8-,9?;/m1./s1. The van der Waals surface area contributed by atoms with Crippen molar-refractivity contribution >= 4 is 18.3 Å². The van der Waals surface area contributed by atoms with Crippen LogP contribution >= 0.6 is 12.4 Å². The molecule has 0 spiro atoms. The van der Waals surface area contributed by atoms with Gasteiger partial charge in [-0.1, -0.05) is 18.2 Å². The average Bonchev–Trinajstić information content (AvgIpc) is 2.26. The summed E-state index contributed by atoms with van der Waals surface area (Å²) < 4.78 is 13.5. The molecule has 1 amide bonds. The first kappa shape index (κ1) is 15.9. The van der Waals surface area contributed by atoms with Gasteiger partial charge in [0.2, 0.25) is 5.91 Å². The summed E-state index contributed by atoms with van der Waals surface area (Å²) in [7, 11) is 1.63. The second-order valence-corrected chi connectivity index (χ2v) is 3.94. The van der Waals surface area contributed by atoms with Crippen LogP contribution < -0.4 is 5.73 Å². The summed E-state index contributed by atoms with van der Waals surface area (Å²) in [6.07, 6.45) is 0. The number of hydrogen-bond acceptors (Lipinski definition) is 2. The van der Waals surface area contributed by atoms with Crippen molar-refractivity contribution in [2.45, 2.75) is 25.9 Å². The highest BCUT2D eigenvalue weighted by Gasteiger charge is 2.21. The summed E-state index contributed by atoms with van der Waals surface area (Å²) in [5.41, 5.74) is 6.00. The smallest absolute Gasteiger partial charge is 0.239 e. The van der Waals surface area contributed by atoms with Crippen LogP contribution in [0.5, 0.6) is 0 Å². The van der Waals surface area contributed by atoms with Crippen molar-refractivity contribution in [3.05, 3.63) is 35.6 Å². The minimum atomic E-state index is -0.570. The quantitative estimate of drug-likeness (QED) is 0.905. The van der Waals surface area contributed by atoms with Crippen molar-refractivity contribution < 1.29 is 9.18 Å². The molecule has 17 heavy (non-hydrogen) atoms. The van der Waals surface area contributed by atoms with Crippen LogP contribution in [0.4, 0.5) is 4.39 Å². The third-order valence-corrected chi connectivity index (χ3v) is 2.67. The predicted molar refractivity (Wildman–Crippen MR) is 68.5 cm³/mol. The van der Waals surface area contributed by atoms with Crippen LogP contribution in [-0.2, 0) is 4.79 Å². The molecule has 0 heterocycles. The van der Waals surface area contributed by atoms with Gasteiger partial charge in [0.05, 0.1) is 12.1 Å². The number of carbonyl (C=O) groups is 1. The Morgan fingerprint density at radius 2 is 1.88 bits per heavy atom. The van der Waals surface area contributed by atoms with Crippen LogP contribution in [0.3, 0.4) is 0 Å². The summed E-state index contributed by atoms with van der Waals surface area (Å²) in [6.45, 7) is 3.39. The molecule has 0 saturated carbocycles. The summed E-state index contributed by atoms with van der Waals surface area (Å²) in [5.74, 6) is -0.505. The number of amides is 1. The predicted octanol–water partition coefficient (Wildman–Crippen LogP) is 2.11. The number of rotatable bonds is 3. The van der Waals surface area contributed by atoms with Crippen LogP contribution in [-0.4, -0.2) is 23.9 Å². The van der Waals surface area contributed by atoms with Gasteiger partial charge in [-0.25, -0.2) is 4.39 Å². The molecule has 0 aromatic heterocycles. The van der Waals surface area contributed by atoms with Gasteiger partial charge in [0.15, 0.2) is 0 Å². The van der Waals surface area contributed by atoms with Crippen molar-refractivity contribution in [3.8, 4) is 0 Å². The van der Waals surface area contributed by atoms with E-state index in [9.17, 15) is 9.18 Å². The number of likely N-dealkylation sites (N-methyl/N-ethyl adjacent to an activating group) is 1. The lowest BCUT2D eigenvalue weighted by molar-refractivity contribution is -0.132. The van der Waals surface area contributed by atoms with Gasteiger partial charge < -0.3 is 10.6 Å². The Morgan fingerprint density at radius 3 is 2.35 bits per heavy atom. The van der Waals surface area contributed by atoms with Gasteiger partial charge in [-0.3, -0.25) is 4.79 Å². The summed E-state index contributed by atoms with van der Waals surface area (Å²) in [4.78, 5) is 13.1. The molecular formula is C12H18ClFN2O. The third kappa shape index (κ3) is 3.68. The fraction of sp³-hybridized carbons (Fsp3) is 0.417. The Bertz CT molecular complexity index is 385.